The van der Waals surface area contributed by atoms with Crippen molar-refractivity contribution in [2.24, 2.45) is 0 Å². The van der Waals surface area contributed by atoms with Crippen LogP contribution in [0.25, 0.3) is 11.0 Å². The van der Waals surface area contributed by atoms with Crippen molar-refractivity contribution in [3.8, 4) is 0 Å². The van der Waals surface area contributed by atoms with E-state index in [1.165, 1.54) is 0 Å². The predicted molar refractivity (Wildman–Crippen MR) is 113 cm³/mol. The van der Waals surface area contributed by atoms with Crippen LogP contribution in [0, 0.1) is 0 Å². The van der Waals surface area contributed by atoms with Gasteiger partial charge in [-0.2, -0.15) is 0 Å². The minimum absolute atomic E-state index is 0.0399. The Balaban J connectivity index is 1.60. The highest BCUT2D eigenvalue weighted by molar-refractivity contribution is 7.99. The standard InChI is InChI=1S/C23H19N3OS/c1-2-22-24-16-9-3-4-10-17(16)25(22)15-23(27)26-18-11-5-7-13-20(18)28-21-14-8-6-12-19(21)26/h3-14H,2,15H2,1H3. The Kier molecular flexibility index (Phi) is 4.17. The zero-order valence-corrected chi connectivity index (χ0v) is 16.3. The van der Waals surface area contributed by atoms with Crippen LogP contribution in [-0.4, -0.2) is 15.5 Å². The molecule has 0 saturated heterocycles. The van der Waals surface area contributed by atoms with Gasteiger partial charge in [-0.1, -0.05) is 55.1 Å². The molecule has 1 amide bonds. The minimum atomic E-state index is 0.0399. The van der Waals surface area contributed by atoms with Crippen LogP contribution >= 0.6 is 11.8 Å². The van der Waals surface area contributed by atoms with Crippen molar-refractivity contribution in [3.05, 3.63) is 78.6 Å². The highest BCUT2D eigenvalue weighted by atomic mass is 32.2. The van der Waals surface area contributed by atoms with E-state index >= 15 is 0 Å². The number of para-hydroxylation sites is 4. The zero-order chi connectivity index (χ0) is 19.1. The number of imidazole rings is 1. The van der Waals surface area contributed by atoms with Gasteiger partial charge < -0.3 is 4.57 Å². The molecule has 1 aliphatic heterocycles. The molecule has 1 aromatic heterocycles. The summed E-state index contributed by atoms with van der Waals surface area (Å²) < 4.78 is 2.05. The molecule has 1 aliphatic rings. The van der Waals surface area contributed by atoms with E-state index in [9.17, 15) is 4.79 Å². The number of rotatable bonds is 3. The molecule has 3 aromatic carbocycles. The molecular formula is C23H19N3OS. The zero-order valence-electron chi connectivity index (χ0n) is 15.5. The van der Waals surface area contributed by atoms with Crippen molar-refractivity contribution in [3.63, 3.8) is 0 Å². The van der Waals surface area contributed by atoms with E-state index in [1.54, 1.807) is 11.8 Å². The number of anilines is 2. The van der Waals surface area contributed by atoms with Gasteiger partial charge in [0.25, 0.3) is 5.91 Å². The second-order valence-electron chi connectivity index (χ2n) is 6.72. The van der Waals surface area contributed by atoms with Gasteiger partial charge in [-0.25, -0.2) is 4.98 Å². The van der Waals surface area contributed by atoms with Gasteiger partial charge in [-0.15, -0.1) is 0 Å². The number of aryl methyl sites for hydroxylation is 1. The smallest absolute Gasteiger partial charge is 0.251 e. The Morgan fingerprint density at radius 2 is 1.50 bits per heavy atom. The molecule has 4 aromatic rings. The maximum atomic E-state index is 13.6. The molecule has 0 bridgehead atoms. The molecule has 0 saturated carbocycles. The number of hydrogen-bond acceptors (Lipinski definition) is 3. The van der Waals surface area contributed by atoms with Gasteiger partial charge in [0.15, 0.2) is 0 Å². The number of benzene rings is 3. The Labute approximate surface area is 167 Å². The number of carbonyl (C=O) groups is 1. The monoisotopic (exact) mass is 385 g/mol. The summed E-state index contributed by atoms with van der Waals surface area (Å²) in [4.78, 5) is 22.3. The van der Waals surface area contributed by atoms with Crippen molar-refractivity contribution in [2.75, 3.05) is 4.90 Å². The number of hydrogen-bond donors (Lipinski definition) is 0. The molecule has 2 heterocycles. The van der Waals surface area contributed by atoms with E-state index in [4.69, 9.17) is 4.98 Å². The molecule has 28 heavy (non-hydrogen) atoms. The van der Waals surface area contributed by atoms with Crippen LogP contribution in [0.5, 0.6) is 0 Å². The van der Waals surface area contributed by atoms with E-state index in [0.717, 1.165) is 44.4 Å². The van der Waals surface area contributed by atoms with Gasteiger partial charge in [0, 0.05) is 16.2 Å². The molecule has 0 spiro atoms. The van der Waals surface area contributed by atoms with E-state index in [1.807, 2.05) is 70.1 Å². The van der Waals surface area contributed by atoms with Gasteiger partial charge in [0.1, 0.15) is 12.4 Å². The quantitative estimate of drug-likeness (QED) is 0.472. The predicted octanol–water partition coefficient (Wildman–Crippen LogP) is 5.43. The fraction of sp³-hybridized carbons (Fsp3) is 0.130. The second kappa shape index (κ2) is 6.84. The van der Waals surface area contributed by atoms with Crippen molar-refractivity contribution < 1.29 is 4.79 Å². The van der Waals surface area contributed by atoms with Crippen LogP contribution in [-0.2, 0) is 17.8 Å². The molecule has 5 rings (SSSR count). The Morgan fingerprint density at radius 1 is 0.893 bits per heavy atom. The summed E-state index contributed by atoms with van der Waals surface area (Å²) in [6, 6.07) is 24.2. The van der Waals surface area contributed by atoms with Crippen LogP contribution in [0.4, 0.5) is 11.4 Å². The lowest BCUT2D eigenvalue weighted by molar-refractivity contribution is -0.118. The Bertz CT molecular complexity index is 1150. The molecular weight excluding hydrogens is 366 g/mol. The lowest BCUT2D eigenvalue weighted by Crippen LogP contribution is -2.32. The first-order valence-corrected chi connectivity index (χ1v) is 10.2. The lowest BCUT2D eigenvalue weighted by Gasteiger charge is -2.31. The Hall–Kier alpha value is -3.05. The van der Waals surface area contributed by atoms with Crippen molar-refractivity contribution in [1.29, 1.82) is 0 Å². The summed E-state index contributed by atoms with van der Waals surface area (Å²) in [5.74, 6) is 0.973. The number of aromatic nitrogens is 2. The first-order chi connectivity index (χ1) is 13.8. The van der Waals surface area contributed by atoms with Gasteiger partial charge in [0.05, 0.1) is 22.4 Å². The van der Waals surface area contributed by atoms with Gasteiger partial charge in [0.2, 0.25) is 0 Å². The second-order valence-corrected chi connectivity index (χ2v) is 7.81. The summed E-state index contributed by atoms with van der Waals surface area (Å²) in [5.41, 5.74) is 3.82. The summed E-state index contributed by atoms with van der Waals surface area (Å²) >= 11 is 1.71. The average molecular weight is 385 g/mol. The van der Waals surface area contributed by atoms with Crippen molar-refractivity contribution in [2.45, 2.75) is 29.7 Å². The van der Waals surface area contributed by atoms with Crippen LogP contribution in [0.1, 0.15) is 12.7 Å². The van der Waals surface area contributed by atoms with Crippen LogP contribution < -0.4 is 4.90 Å². The molecule has 138 valence electrons. The lowest BCUT2D eigenvalue weighted by atomic mass is 10.2. The molecule has 5 heteroatoms. The van der Waals surface area contributed by atoms with E-state index < -0.39 is 0 Å². The number of fused-ring (bicyclic) bond motifs is 3. The van der Waals surface area contributed by atoms with Crippen LogP contribution in [0.2, 0.25) is 0 Å². The first-order valence-electron chi connectivity index (χ1n) is 9.39. The average Bonchev–Trinajstić information content (AvgIpc) is 3.09. The van der Waals surface area contributed by atoms with Gasteiger partial charge in [-0.05, 0) is 36.4 Å². The van der Waals surface area contributed by atoms with Gasteiger partial charge >= 0.3 is 0 Å². The molecule has 0 unspecified atom stereocenters. The SMILES string of the molecule is CCc1nc2ccccc2n1CC(=O)N1c2ccccc2Sc2ccccc21. The summed E-state index contributed by atoms with van der Waals surface area (Å²) in [6.07, 6.45) is 0.783. The maximum absolute atomic E-state index is 13.6. The molecule has 0 N–H and O–H groups in total. The summed E-state index contributed by atoms with van der Waals surface area (Å²) in [7, 11) is 0. The molecule has 0 atom stereocenters. The van der Waals surface area contributed by atoms with E-state index in [-0.39, 0.29) is 12.5 Å². The topological polar surface area (TPSA) is 38.1 Å². The third-order valence-electron chi connectivity index (χ3n) is 5.02. The largest absolute Gasteiger partial charge is 0.318 e. The van der Waals surface area contributed by atoms with Crippen LogP contribution in [0.15, 0.2) is 82.6 Å². The molecule has 0 radical (unpaired) electrons. The minimum Gasteiger partial charge on any atom is -0.318 e. The highest BCUT2D eigenvalue weighted by Crippen LogP contribution is 2.47. The fourth-order valence-electron chi connectivity index (χ4n) is 3.75. The van der Waals surface area contributed by atoms with E-state index in [2.05, 4.69) is 19.1 Å². The van der Waals surface area contributed by atoms with E-state index in [0.29, 0.717) is 0 Å². The third kappa shape index (κ3) is 2.70. The van der Waals surface area contributed by atoms with Crippen LogP contribution in [0.3, 0.4) is 0 Å². The van der Waals surface area contributed by atoms with Gasteiger partial charge in [-0.3, -0.25) is 9.69 Å². The highest BCUT2D eigenvalue weighted by Gasteiger charge is 2.28. The molecule has 0 fully saturated rings. The van der Waals surface area contributed by atoms with Crippen molar-refractivity contribution >= 4 is 40.1 Å². The Morgan fingerprint density at radius 3 is 2.18 bits per heavy atom. The normalized spacial score (nSPS) is 12.7. The fourth-order valence-corrected chi connectivity index (χ4v) is 4.81. The number of carbonyl (C=O) groups excluding carboxylic acids is 1. The summed E-state index contributed by atoms with van der Waals surface area (Å²) in [6.45, 7) is 2.33. The summed E-state index contributed by atoms with van der Waals surface area (Å²) in [5, 5.41) is 0. The third-order valence-corrected chi connectivity index (χ3v) is 6.16. The maximum Gasteiger partial charge on any atom is 0.251 e. The first kappa shape index (κ1) is 17.1. The van der Waals surface area contributed by atoms with Crippen molar-refractivity contribution in [1.82, 2.24) is 9.55 Å². The molecule has 0 aliphatic carbocycles. The molecule has 4 nitrogen and oxygen atoms in total. The number of amides is 1. The number of nitrogens with zero attached hydrogens (tertiary/aromatic N) is 3.